The Hall–Kier alpha value is -2.63. The molecule has 0 N–H and O–H groups in total. The molecule has 0 heterocycles. The Bertz CT molecular complexity index is 717. The third kappa shape index (κ3) is 5.45. The smallest absolute Gasteiger partial charge is 0.387 e. The van der Waals surface area contributed by atoms with E-state index in [4.69, 9.17) is 4.74 Å². The van der Waals surface area contributed by atoms with E-state index < -0.39 is 6.61 Å². The van der Waals surface area contributed by atoms with Gasteiger partial charge < -0.3 is 14.4 Å². The number of ether oxygens (including phenoxy) is 2. The summed E-state index contributed by atoms with van der Waals surface area (Å²) >= 11 is 0. The van der Waals surface area contributed by atoms with E-state index in [0.29, 0.717) is 6.54 Å². The summed E-state index contributed by atoms with van der Waals surface area (Å²) in [5.74, 6) is 0.806. The average Bonchev–Trinajstić information content (AvgIpc) is 2.57. The summed E-state index contributed by atoms with van der Waals surface area (Å²) in [6.07, 6.45) is 0.264. The van der Waals surface area contributed by atoms with Crippen molar-refractivity contribution in [3.63, 3.8) is 0 Å². The lowest BCUT2D eigenvalue weighted by Crippen LogP contribution is -2.27. The molecule has 0 spiro atoms. The van der Waals surface area contributed by atoms with Crippen LogP contribution in [0.15, 0.2) is 42.5 Å². The summed E-state index contributed by atoms with van der Waals surface area (Å²) in [4.78, 5) is 14.0. The second kappa shape index (κ2) is 8.46. The van der Waals surface area contributed by atoms with Crippen molar-refractivity contribution in [3.8, 4) is 11.5 Å². The van der Waals surface area contributed by atoms with Crippen LogP contribution in [0.5, 0.6) is 11.5 Å². The number of nitrogens with zero attached hydrogens (tertiary/aromatic N) is 1. The van der Waals surface area contributed by atoms with E-state index in [9.17, 15) is 13.6 Å². The van der Waals surface area contributed by atoms with Gasteiger partial charge in [-0.05, 0) is 41.8 Å². The van der Waals surface area contributed by atoms with Crippen molar-refractivity contribution in [1.29, 1.82) is 0 Å². The normalized spacial score (nSPS) is 10.6. The van der Waals surface area contributed by atoms with Crippen molar-refractivity contribution in [2.24, 2.45) is 0 Å². The number of carbonyl (C=O) groups is 1. The van der Waals surface area contributed by atoms with Gasteiger partial charge in [-0.25, -0.2) is 0 Å². The van der Waals surface area contributed by atoms with Crippen molar-refractivity contribution in [1.82, 2.24) is 4.90 Å². The van der Waals surface area contributed by atoms with E-state index in [1.165, 1.54) is 12.1 Å². The number of rotatable bonds is 7. The van der Waals surface area contributed by atoms with E-state index in [1.807, 2.05) is 25.1 Å². The van der Waals surface area contributed by atoms with E-state index in [-0.39, 0.29) is 18.1 Å². The summed E-state index contributed by atoms with van der Waals surface area (Å²) < 4.78 is 33.9. The average molecular weight is 349 g/mol. The lowest BCUT2D eigenvalue weighted by Gasteiger charge is -2.18. The molecule has 0 atom stereocenters. The highest BCUT2D eigenvalue weighted by atomic mass is 19.3. The molecule has 0 radical (unpaired) electrons. The van der Waals surface area contributed by atoms with Gasteiger partial charge in [-0.2, -0.15) is 8.78 Å². The number of hydrogen-bond acceptors (Lipinski definition) is 3. The van der Waals surface area contributed by atoms with Crippen molar-refractivity contribution in [2.75, 3.05) is 14.2 Å². The van der Waals surface area contributed by atoms with Gasteiger partial charge in [0.15, 0.2) is 0 Å². The first-order chi connectivity index (χ1) is 11.9. The maximum absolute atomic E-state index is 12.4. The van der Waals surface area contributed by atoms with Gasteiger partial charge in [0, 0.05) is 13.6 Å². The molecule has 0 aromatic heterocycles. The molecule has 0 aliphatic carbocycles. The van der Waals surface area contributed by atoms with E-state index in [1.54, 1.807) is 31.2 Å². The lowest BCUT2D eigenvalue weighted by molar-refractivity contribution is -0.129. The Morgan fingerprint density at radius 3 is 2.36 bits per heavy atom. The van der Waals surface area contributed by atoms with Gasteiger partial charge in [0.2, 0.25) is 5.91 Å². The Morgan fingerprint density at radius 2 is 1.76 bits per heavy atom. The zero-order valence-corrected chi connectivity index (χ0v) is 14.5. The number of amides is 1. The third-order valence-electron chi connectivity index (χ3n) is 3.82. The minimum absolute atomic E-state index is 0.0428. The van der Waals surface area contributed by atoms with Gasteiger partial charge in [0.1, 0.15) is 11.5 Å². The molecule has 2 aromatic carbocycles. The zero-order chi connectivity index (χ0) is 18.4. The number of alkyl halides is 2. The fraction of sp³-hybridized carbons (Fsp3) is 0.316. The maximum atomic E-state index is 12.4. The topological polar surface area (TPSA) is 38.8 Å². The van der Waals surface area contributed by atoms with Crippen LogP contribution in [0.3, 0.4) is 0 Å². The highest BCUT2D eigenvalue weighted by Crippen LogP contribution is 2.20. The van der Waals surface area contributed by atoms with E-state index >= 15 is 0 Å². The van der Waals surface area contributed by atoms with Gasteiger partial charge in [-0.1, -0.05) is 24.3 Å². The molecule has 0 aliphatic heterocycles. The number of benzene rings is 2. The van der Waals surface area contributed by atoms with Crippen LogP contribution in [0, 0.1) is 6.92 Å². The predicted molar refractivity (Wildman–Crippen MR) is 91.0 cm³/mol. The molecule has 0 aliphatic rings. The number of carbonyl (C=O) groups excluding carboxylic acids is 1. The molecular weight excluding hydrogens is 328 g/mol. The highest BCUT2D eigenvalue weighted by molar-refractivity contribution is 5.78. The van der Waals surface area contributed by atoms with Gasteiger partial charge in [0.25, 0.3) is 0 Å². The molecular formula is C19H21F2NO3. The molecule has 0 saturated heterocycles. The lowest BCUT2D eigenvalue weighted by atomic mass is 10.1. The Kier molecular flexibility index (Phi) is 6.33. The molecule has 2 aromatic rings. The van der Waals surface area contributed by atoms with Gasteiger partial charge in [0.05, 0.1) is 13.5 Å². The molecule has 0 bridgehead atoms. The molecule has 134 valence electrons. The molecule has 1 amide bonds. The largest absolute Gasteiger partial charge is 0.496 e. The highest BCUT2D eigenvalue weighted by Gasteiger charge is 2.12. The summed E-state index contributed by atoms with van der Waals surface area (Å²) in [6.45, 7) is -0.518. The molecule has 25 heavy (non-hydrogen) atoms. The second-order valence-electron chi connectivity index (χ2n) is 5.75. The molecule has 0 saturated carbocycles. The SMILES string of the molecule is COc1cc(CC(=O)N(C)Cc2ccc(OC(F)F)cc2)ccc1C. The van der Waals surface area contributed by atoms with Crippen LogP contribution in [0.4, 0.5) is 8.78 Å². The quantitative estimate of drug-likeness (QED) is 0.763. The first kappa shape index (κ1) is 18.7. The van der Waals surface area contributed by atoms with Crippen LogP contribution < -0.4 is 9.47 Å². The van der Waals surface area contributed by atoms with E-state index in [2.05, 4.69) is 4.74 Å². The monoisotopic (exact) mass is 349 g/mol. The summed E-state index contributed by atoms with van der Waals surface area (Å²) in [5, 5.41) is 0. The Balaban J connectivity index is 1.96. The second-order valence-corrected chi connectivity index (χ2v) is 5.75. The maximum Gasteiger partial charge on any atom is 0.387 e. The molecule has 2 rings (SSSR count). The molecule has 6 heteroatoms. The summed E-state index contributed by atoms with van der Waals surface area (Å²) in [7, 11) is 3.30. The van der Waals surface area contributed by atoms with Crippen LogP contribution in [0.25, 0.3) is 0 Å². The number of methoxy groups -OCH3 is 1. The number of halogens is 2. The number of likely N-dealkylation sites (N-methyl/N-ethyl adjacent to an activating group) is 1. The molecule has 4 nitrogen and oxygen atoms in total. The third-order valence-corrected chi connectivity index (χ3v) is 3.82. The van der Waals surface area contributed by atoms with Crippen molar-refractivity contribution >= 4 is 5.91 Å². The molecule has 0 unspecified atom stereocenters. The summed E-state index contributed by atoms with van der Waals surface area (Å²) in [6, 6.07) is 11.9. The van der Waals surface area contributed by atoms with Crippen LogP contribution in [0.1, 0.15) is 16.7 Å². The summed E-state index contributed by atoms with van der Waals surface area (Å²) in [5.41, 5.74) is 2.72. The first-order valence-corrected chi connectivity index (χ1v) is 7.80. The molecule has 0 fully saturated rings. The van der Waals surface area contributed by atoms with Gasteiger partial charge in [-0.15, -0.1) is 0 Å². The van der Waals surface area contributed by atoms with Crippen molar-refractivity contribution < 1.29 is 23.0 Å². The minimum Gasteiger partial charge on any atom is -0.496 e. The van der Waals surface area contributed by atoms with E-state index in [0.717, 1.165) is 22.4 Å². The predicted octanol–water partition coefficient (Wildman–Crippen LogP) is 3.81. The van der Waals surface area contributed by atoms with Crippen LogP contribution in [-0.2, 0) is 17.8 Å². The fourth-order valence-electron chi connectivity index (χ4n) is 2.42. The Labute approximate surface area is 146 Å². The minimum atomic E-state index is -2.85. The van der Waals surface area contributed by atoms with Crippen LogP contribution in [0.2, 0.25) is 0 Å². The number of aryl methyl sites for hydroxylation is 1. The Morgan fingerprint density at radius 1 is 1.12 bits per heavy atom. The zero-order valence-electron chi connectivity index (χ0n) is 14.5. The van der Waals surface area contributed by atoms with Gasteiger partial charge in [-0.3, -0.25) is 4.79 Å². The standard InChI is InChI=1S/C19H21F2NO3/c1-13-4-5-15(10-17(13)24-3)11-18(23)22(2)12-14-6-8-16(9-7-14)25-19(20)21/h4-10,19H,11-12H2,1-3H3. The van der Waals surface area contributed by atoms with Crippen LogP contribution >= 0.6 is 0 Å². The fourth-order valence-corrected chi connectivity index (χ4v) is 2.42. The number of hydrogen-bond donors (Lipinski definition) is 0. The van der Waals surface area contributed by atoms with Crippen LogP contribution in [-0.4, -0.2) is 31.6 Å². The van der Waals surface area contributed by atoms with Crippen molar-refractivity contribution in [3.05, 3.63) is 59.2 Å². The van der Waals surface area contributed by atoms with Crippen molar-refractivity contribution in [2.45, 2.75) is 26.5 Å². The van der Waals surface area contributed by atoms with Gasteiger partial charge >= 0.3 is 6.61 Å². The first-order valence-electron chi connectivity index (χ1n) is 7.80.